The van der Waals surface area contributed by atoms with E-state index < -0.39 is 17.5 Å². The van der Waals surface area contributed by atoms with Gasteiger partial charge in [-0.25, -0.2) is 13.2 Å². The standard InChI is InChI=1S/C11H6F3N5O/c12-5-1-4(2-6(13)9(5)14)10-16-11(20-19-10)7-3-8(15)18-17-7/h1-3H,(H3,15,17,18). The molecule has 9 heteroatoms. The highest BCUT2D eigenvalue weighted by atomic mass is 19.2. The summed E-state index contributed by atoms with van der Waals surface area (Å²) in [6, 6.07) is 2.99. The van der Waals surface area contributed by atoms with Crippen LogP contribution in [0.15, 0.2) is 22.7 Å². The molecule has 3 N–H and O–H groups in total. The molecule has 0 atom stereocenters. The lowest BCUT2D eigenvalue weighted by Gasteiger charge is -1.97. The van der Waals surface area contributed by atoms with Crippen LogP contribution >= 0.6 is 0 Å². The SMILES string of the molecule is Nc1cc(-c2nc(-c3cc(F)c(F)c(F)c3)no2)[nH]n1. The van der Waals surface area contributed by atoms with Gasteiger partial charge in [0.05, 0.1) is 0 Å². The highest BCUT2D eigenvalue weighted by Crippen LogP contribution is 2.24. The van der Waals surface area contributed by atoms with Crippen molar-refractivity contribution in [3.8, 4) is 23.0 Å². The second kappa shape index (κ2) is 4.37. The molecule has 0 aliphatic carbocycles. The molecule has 20 heavy (non-hydrogen) atoms. The summed E-state index contributed by atoms with van der Waals surface area (Å²) in [4.78, 5) is 3.92. The van der Waals surface area contributed by atoms with Crippen LogP contribution < -0.4 is 5.73 Å². The number of H-pyrrole nitrogens is 1. The Morgan fingerprint density at radius 1 is 1.10 bits per heavy atom. The zero-order valence-corrected chi connectivity index (χ0v) is 9.69. The van der Waals surface area contributed by atoms with Crippen molar-refractivity contribution in [3.63, 3.8) is 0 Å². The van der Waals surface area contributed by atoms with Gasteiger partial charge in [0.15, 0.2) is 17.5 Å². The molecule has 0 unspecified atom stereocenters. The van der Waals surface area contributed by atoms with E-state index >= 15 is 0 Å². The predicted octanol–water partition coefficient (Wildman–Crippen LogP) is 2.13. The molecule has 6 nitrogen and oxygen atoms in total. The van der Waals surface area contributed by atoms with Crippen LogP contribution in [0.25, 0.3) is 23.0 Å². The zero-order chi connectivity index (χ0) is 14.3. The lowest BCUT2D eigenvalue weighted by Crippen LogP contribution is -1.92. The monoisotopic (exact) mass is 281 g/mol. The van der Waals surface area contributed by atoms with Crippen LogP contribution in [0, 0.1) is 17.5 Å². The van der Waals surface area contributed by atoms with Crippen LogP contribution in [0.2, 0.25) is 0 Å². The zero-order valence-electron chi connectivity index (χ0n) is 9.69. The number of nitrogens with two attached hydrogens (primary N) is 1. The van der Waals surface area contributed by atoms with Gasteiger partial charge in [0.2, 0.25) is 5.82 Å². The Balaban J connectivity index is 2.02. The molecule has 0 aliphatic rings. The Labute approximate surface area is 109 Å². The average Bonchev–Trinajstić information content (AvgIpc) is 3.03. The first-order chi connectivity index (χ1) is 9.54. The van der Waals surface area contributed by atoms with Crippen LogP contribution in [0.5, 0.6) is 0 Å². The van der Waals surface area contributed by atoms with Crippen molar-refractivity contribution in [2.45, 2.75) is 0 Å². The van der Waals surface area contributed by atoms with E-state index in [1.807, 2.05) is 0 Å². The molecular formula is C11H6F3N5O. The van der Waals surface area contributed by atoms with Gasteiger partial charge >= 0.3 is 0 Å². The lowest BCUT2D eigenvalue weighted by atomic mass is 10.2. The van der Waals surface area contributed by atoms with E-state index in [9.17, 15) is 13.2 Å². The summed E-state index contributed by atoms with van der Waals surface area (Å²) in [7, 11) is 0. The molecule has 0 spiro atoms. The minimum Gasteiger partial charge on any atom is -0.382 e. The molecule has 0 bridgehead atoms. The summed E-state index contributed by atoms with van der Waals surface area (Å²) < 4.78 is 44.0. The maximum Gasteiger partial charge on any atom is 0.276 e. The largest absolute Gasteiger partial charge is 0.382 e. The van der Waals surface area contributed by atoms with E-state index in [0.29, 0.717) is 5.69 Å². The van der Waals surface area contributed by atoms with E-state index in [1.54, 1.807) is 0 Å². The molecule has 0 saturated carbocycles. The summed E-state index contributed by atoms with van der Waals surface area (Å²) in [5, 5.41) is 9.76. The van der Waals surface area contributed by atoms with Gasteiger partial charge in [-0.15, -0.1) is 0 Å². The third-order valence-corrected chi connectivity index (χ3v) is 2.50. The quantitative estimate of drug-likeness (QED) is 0.702. The van der Waals surface area contributed by atoms with E-state index in [0.717, 1.165) is 12.1 Å². The van der Waals surface area contributed by atoms with Crippen LogP contribution in [0.4, 0.5) is 19.0 Å². The van der Waals surface area contributed by atoms with Crippen molar-refractivity contribution in [1.29, 1.82) is 0 Å². The van der Waals surface area contributed by atoms with Crippen LogP contribution in [-0.4, -0.2) is 20.3 Å². The highest BCUT2D eigenvalue weighted by molar-refractivity contribution is 5.59. The van der Waals surface area contributed by atoms with Crippen LogP contribution in [0.1, 0.15) is 0 Å². The number of aromatic nitrogens is 4. The van der Waals surface area contributed by atoms with Gasteiger partial charge in [-0.2, -0.15) is 10.1 Å². The molecule has 0 fully saturated rings. The van der Waals surface area contributed by atoms with Crippen LogP contribution in [-0.2, 0) is 0 Å². The summed E-state index contributed by atoms with van der Waals surface area (Å²) in [5.74, 6) is -4.06. The lowest BCUT2D eigenvalue weighted by molar-refractivity contribution is 0.430. The topological polar surface area (TPSA) is 93.6 Å². The molecule has 3 aromatic rings. The average molecular weight is 281 g/mol. The highest BCUT2D eigenvalue weighted by Gasteiger charge is 2.17. The molecule has 0 amide bonds. The second-order valence-electron chi connectivity index (χ2n) is 3.88. The smallest absolute Gasteiger partial charge is 0.276 e. The molecule has 0 aliphatic heterocycles. The number of nitrogen functional groups attached to an aromatic ring is 1. The first-order valence-electron chi connectivity index (χ1n) is 5.34. The third kappa shape index (κ3) is 1.98. The molecule has 0 radical (unpaired) electrons. The predicted molar refractivity (Wildman–Crippen MR) is 61.6 cm³/mol. The van der Waals surface area contributed by atoms with Gasteiger partial charge in [-0.3, -0.25) is 5.10 Å². The normalized spacial score (nSPS) is 10.9. The Kier molecular flexibility index (Phi) is 2.67. The fourth-order valence-electron chi connectivity index (χ4n) is 1.58. The van der Waals surface area contributed by atoms with Gasteiger partial charge in [0.25, 0.3) is 5.89 Å². The first-order valence-corrected chi connectivity index (χ1v) is 5.34. The van der Waals surface area contributed by atoms with Gasteiger partial charge in [-0.05, 0) is 12.1 Å². The third-order valence-electron chi connectivity index (χ3n) is 2.50. The van der Waals surface area contributed by atoms with Crippen molar-refractivity contribution in [2.75, 3.05) is 5.73 Å². The first kappa shape index (κ1) is 12.2. The van der Waals surface area contributed by atoms with Crippen molar-refractivity contribution >= 4 is 5.82 Å². The van der Waals surface area contributed by atoms with E-state index in [-0.39, 0.29) is 23.1 Å². The molecule has 2 aromatic heterocycles. The number of rotatable bonds is 2. The number of halogens is 3. The van der Waals surface area contributed by atoms with Crippen molar-refractivity contribution in [2.24, 2.45) is 0 Å². The van der Waals surface area contributed by atoms with Gasteiger partial charge in [-0.1, -0.05) is 5.16 Å². The molecule has 102 valence electrons. The number of aromatic amines is 1. The fourth-order valence-corrected chi connectivity index (χ4v) is 1.58. The summed E-state index contributed by atoms with van der Waals surface area (Å²) in [6.07, 6.45) is 0. The number of nitrogens with one attached hydrogen (secondary N) is 1. The number of hydrogen-bond acceptors (Lipinski definition) is 5. The molecule has 0 saturated heterocycles. The van der Waals surface area contributed by atoms with Gasteiger partial charge in [0, 0.05) is 11.6 Å². The van der Waals surface area contributed by atoms with Crippen molar-refractivity contribution in [1.82, 2.24) is 20.3 Å². The second-order valence-corrected chi connectivity index (χ2v) is 3.88. The van der Waals surface area contributed by atoms with E-state index in [4.69, 9.17) is 10.3 Å². The van der Waals surface area contributed by atoms with Crippen LogP contribution in [0.3, 0.4) is 0 Å². The van der Waals surface area contributed by atoms with Crippen molar-refractivity contribution < 1.29 is 17.7 Å². The minimum absolute atomic E-state index is 0.0364. The molecule has 1 aromatic carbocycles. The minimum atomic E-state index is -1.56. The Hall–Kier alpha value is -2.84. The van der Waals surface area contributed by atoms with E-state index in [1.165, 1.54) is 6.07 Å². The summed E-state index contributed by atoms with van der Waals surface area (Å²) >= 11 is 0. The molecule has 2 heterocycles. The molecular weight excluding hydrogens is 275 g/mol. The number of anilines is 1. The summed E-state index contributed by atoms with van der Waals surface area (Å²) in [6.45, 7) is 0. The Morgan fingerprint density at radius 2 is 1.80 bits per heavy atom. The van der Waals surface area contributed by atoms with Gasteiger partial charge in [0.1, 0.15) is 11.5 Å². The van der Waals surface area contributed by atoms with Crippen molar-refractivity contribution in [3.05, 3.63) is 35.7 Å². The van der Waals surface area contributed by atoms with E-state index in [2.05, 4.69) is 20.3 Å². The maximum absolute atomic E-state index is 13.1. The number of hydrogen-bond donors (Lipinski definition) is 2. The number of nitrogens with zero attached hydrogens (tertiary/aromatic N) is 3. The van der Waals surface area contributed by atoms with Gasteiger partial charge < -0.3 is 10.3 Å². The Bertz CT molecular complexity index is 759. The number of benzene rings is 1. The molecule has 3 rings (SSSR count). The summed E-state index contributed by atoms with van der Waals surface area (Å²) in [5.41, 5.74) is 5.72. The maximum atomic E-state index is 13.1. The Morgan fingerprint density at radius 3 is 2.40 bits per heavy atom. The fraction of sp³-hybridized carbons (Fsp3) is 0.